The molecule has 2 heteroatoms. The third kappa shape index (κ3) is 3.07. The van der Waals surface area contributed by atoms with E-state index in [4.69, 9.17) is 0 Å². The molecule has 1 N–H and O–H groups in total. The van der Waals surface area contributed by atoms with E-state index in [2.05, 4.69) is 48.6 Å². The summed E-state index contributed by atoms with van der Waals surface area (Å²) in [6.07, 6.45) is 6.68. The molecule has 2 bridgehead atoms. The summed E-state index contributed by atoms with van der Waals surface area (Å²) in [5.74, 6) is 1.73. The van der Waals surface area contributed by atoms with Crippen molar-refractivity contribution >= 4 is 0 Å². The van der Waals surface area contributed by atoms with Gasteiger partial charge in [-0.1, -0.05) is 24.3 Å². The minimum absolute atomic E-state index is 0.754. The second kappa shape index (κ2) is 6.28. The van der Waals surface area contributed by atoms with Crippen LogP contribution in [0.2, 0.25) is 0 Å². The van der Waals surface area contributed by atoms with Gasteiger partial charge >= 0.3 is 0 Å². The standard InChI is InChI=1S/C18H28N2/c1-20(2)11-5-10-19-18-16-8-9-17(18)13-15-7-4-3-6-14(15)12-16/h3-4,6-7,16-19H,5,8-13H2,1-2H3. The fourth-order valence-corrected chi connectivity index (χ4v) is 4.15. The van der Waals surface area contributed by atoms with Crippen LogP contribution in [0.1, 0.15) is 30.4 Å². The summed E-state index contributed by atoms with van der Waals surface area (Å²) >= 11 is 0. The highest BCUT2D eigenvalue weighted by Gasteiger charge is 2.38. The van der Waals surface area contributed by atoms with Crippen LogP contribution in [0.15, 0.2) is 24.3 Å². The molecule has 110 valence electrons. The maximum Gasteiger partial charge on any atom is 0.0130 e. The Balaban J connectivity index is 1.61. The summed E-state index contributed by atoms with van der Waals surface area (Å²) in [5, 5.41) is 3.89. The number of hydrogen-bond donors (Lipinski definition) is 1. The lowest BCUT2D eigenvalue weighted by atomic mass is 9.94. The molecule has 0 saturated heterocycles. The Morgan fingerprint density at radius 2 is 1.65 bits per heavy atom. The maximum absolute atomic E-state index is 3.89. The van der Waals surface area contributed by atoms with E-state index in [9.17, 15) is 0 Å². The molecule has 2 unspecified atom stereocenters. The van der Waals surface area contributed by atoms with E-state index < -0.39 is 0 Å². The van der Waals surface area contributed by atoms with Gasteiger partial charge in [-0.05, 0) is 82.3 Å². The molecule has 2 aliphatic rings. The summed E-state index contributed by atoms with van der Waals surface area (Å²) in [7, 11) is 4.32. The first-order valence-electron chi connectivity index (χ1n) is 8.19. The second-order valence-corrected chi connectivity index (χ2v) is 6.91. The van der Waals surface area contributed by atoms with Crippen LogP contribution >= 0.6 is 0 Å². The molecule has 2 atom stereocenters. The molecule has 1 saturated carbocycles. The highest BCUT2D eigenvalue weighted by atomic mass is 15.1. The fourth-order valence-electron chi connectivity index (χ4n) is 4.15. The van der Waals surface area contributed by atoms with Crippen molar-refractivity contribution in [1.29, 1.82) is 0 Å². The lowest BCUT2D eigenvalue weighted by Crippen LogP contribution is -2.39. The van der Waals surface area contributed by atoms with Crippen LogP contribution in [-0.2, 0) is 12.8 Å². The van der Waals surface area contributed by atoms with Crippen molar-refractivity contribution in [3.05, 3.63) is 35.4 Å². The van der Waals surface area contributed by atoms with E-state index in [1.807, 2.05) is 0 Å². The zero-order valence-corrected chi connectivity index (χ0v) is 12.9. The SMILES string of the molecule is CN(C)CCCNC1C2CCC1Cc1ccccc1C2. The topological polar surface area (TPSA) is 15.3 Å². The molecule has 2 nitrogen and oxygen atoms in total. The van der Waals surface area contributed by atoms with E-state index in [1.54, 1.807) is 11.1 Å². The fraction of sp³-hybridized carbons (Fsp3) is 0.667. The van der Waals surface area contributed by atoms with Gasteiger partial charge in [-0.3, -0.25) is 0 Å². The van der Waals surface area contributed by atoms with Gasteiger partial charge in [0.1, 0.15) is 0 Å². The Morgan fingerprint density at radius 1 is 1.05 bits per heavy atom. The van der Waals surface area contributed by atoms with Crippen LogP contribution in [0.25, 0.3) is 0 Å². The predicted octanol–water partition coefficient (Wildman–Crippen LogP) is 2.72. The molecular formula is C18H28N2. The molecule has 3 rings (SSSR count). The van der Waals surface area contributed by atoms with Crippen molar-refractivity contribution in [2.24, 2.45) is 11.8 Å². The van der Waals surface area contributed by atoms with Gasteiger partial charge in [-0.15, -0.1) is 0 Å². The Labute approximate surface area is 123 Å². The van der Waals surface area contributed by atoms with Crippen molar-refractivity contribution in [2.45, 2.75) is 38.1 Å². The van der Waals surface area contributed by atoms with Crippen LogP contribution in [0, 0.1) is 11.8 Å². The normalized spacial score (nSPS) is 28.4. The molecule has 0 spiro atoms. The van der Waals surface area contributed by atoms with Crippen molar-refractivity contribution in [2.75, 3.05) is 27.2 Å². The lowest BCUT2D eigenvalue weighted by Gasteiger charge is -2.24. The molecule has 1 fully saturated rings. The minimum Gasteiger partial charge on any atom is -0.313 e. The smallest absolute Gasteiger partial charge is 0.0130 e. The largest absolute Gasteiger partial charge is 0.313 e. The van der Waals surface area contributed by atoms with Crippen molar-refractivity contribution < 1.29 is 0 Å². The monoisotopic (exact) mass is 272 g/mol. The summed E-state index contributed by atoms with van der Waals surface area (Å²) in [6, 6.07) is 9.86. The Bertz CT molecular complexity index is 408. The summed E-state index contributed by atoms with van der Waals surface area (Å²) < 4.78 is 0. The molecule has 1 aromatic carbocycles. The minimum atomic E-state index is 0.754. The number of rotatable bonds is 5. The van der Waals surface area contributed by atoms with Gasteiger partial charge in [0.25, 0.3) is 0 Å². The summed E-state index contributed by atoms with van der Waals surface area (Å²) in [5.41, 5.74) is 3.22. The first-order valence-corrected chi connectivity index (χ1v) is 8.19. The maximum atomic E-state index is 3.89. The van der Waals surface area contributed by atoms with Gasteiger partial charge in [0, 0.05) is 6.04 Å². The Kier molecular flexibility index (Phi) is 4.42. The number of fused-ring (bicyclic) bond motifs is 3. The average Bonchev–Trinajstić information content (AvgIpc) is 2.69. The summed E-state index contributed by atoms with van der Waals surface area (Å²) in [6.45, 7) is 2.36. The highest BCUT2D eigenvalue weighted by Crippen LogP contribution is 2.39. The summed E-state index contributed by atoms with van der Waals surface area (Å²) in [4.78, 5) is 2.28. The van der Waals surface area contributed by atoms with Gasteiger partial charge in [-0.2, -0.15) is 0 Å². The molecule has 1 aromatic rings. The first-order chi connectivity index (χ1) is 9.74. The molecule has 0 amide bonds. The molecule has 0 aromatic heterocycles. The molecule has 0 heterocycles. The average molecular weight is 272 g/mol. The van der Waals surface area contributed by atoms with Crippen molar-refractivity contribution in [3.63, 3.8) is 0 Å². The molecule has 2 aliphatic carbocycles. The third-order valence-electron chi connectivity index (χ3n) is 5.17. The Morgan fingerprint density at radius 3 is 2.20 bits per heavy atom. The van der Waals surface area contributed by atoms with E-state index >= 15 is 0 Å². The number of nitrogens with zero attached hydrogens (tertiary/aromatic N) is 1. The quantitative estimate of drug-likeness (QED) is 0.829. The van der Waals surface area contributed by atoms with Crippen LogP contribution in [-0.4, -0.2) is 38.1 Å². The van der Waals surface area contributed by atoms with E-state index in [-0.39, 0.29) is 0 Å². The zero-order chi connectivity index (χ0) is 13.9. The first kappa shape index (κ1) is 14.1. The molecular weight excluding hydrogens is 244 g/mol. The van der Waals surface area contributed by atoms with Gasteiger partial charge in [-0.25, -0.2) is 0 Å². The predicted molar refractivity (Wildman–Crippen MR) is 85.0 cm³/mol. The Hall–Kier alpha value is -0.860. The second-order valence-electron chi connectivity index (χ2n) is 6.91. The lowest BCUT2D eigenvalue weighted by molar-refractivity contribution is 0.326. The van der Waals surface area contributed by atoms with Gasteiger partial charge in [0.2, 0.25) is 0 Å². The van der Waals surface area contributed by atoms with E-state index in [0.717, 1.165) is 17.9 Å². The number of hydrogen-bond acceptors (Lipinski definition) is 2. The van der Waals surface area contributed by atoms with Gasteiger partial charge < -0.3 is 10.2 Å². The highest BCUT2D eigenvalue weighted by molar-refractivity contribution is 5.30. The number of nitrogens with one attached hydrogen (secondary N) is 1. The van der Waals surface area contributed by atoms with E-state index in [0.29, 0.717) is 0 Å². The molecule has 20 heavy (non-hydrogen) atoms. The van der Waals surface area contributed by atoms with Crippen LogP contribution in [0.5, 0.6) is 0 Å². The van der Waals surface area contributed by atoms with Gasteiger partial charge in [0.05, 0.1) is 0 Å². The third-order valence-corrected chi connectivity index (χ3v) is 5.17. The number of benzene rings is 1. The van der Waals surface area contributed by atoms with Crippen molar-refractivity contribution in [1.82, 2.24) is 10.2 Å². The molecule has 0 radical (unpaired) electrons. The zero-order valence-electron chi connectivity index (χ0n) is 12.9. The molecule has 0 aliphatic heterocycles. The van der Waals surface area contributed by atoms with Crippen LogP contribution in [0.3, 0.4) is 0 Å². The van der Waals surface area contributed by atoms with Crippen LogP contribution < -0.4 is 5.32 Å². The van der Waals surface area contributed by atoms with Crippen molar-refractivity contribution in [3.8, 4) is 0 Å². The van der Waals surface area contributed by atoms with E-state index in [1.165, 1.54) is 45.2 Å². The van der Waals surface area contributed by atoms with Gasteiger partial charge in [0.15, 0.2) is 0 Å². The van der Waals surface area contributed by atoms with Crippen LogP contribution in [0.4, 0.5) is 0 Å².